The Labute approximate surface area is 244 Å². The van der Waals surface area contributed by atoms with E-state index < -0.39 is 17.8 Å². The molecule has 40 heavy (non-hydrogen) atoms. The standard InChI is InChI=1S/C31H22BrClN2O5/c1-39-27-18-20(17-26(33)28(27)40-19-21-10-8-9-15-25(21)32)16-24-29(36)34(22-11-4-2-5-12-22)31(38)35(30(24)37)23-13-6-3-7-14-23/h2-18H,19H2,1H3. The van der Waals surface area contributed by atoms with Gasteiger partial charge in [0.1, 0.15) is 12.2 Å². The number of anilines is 2. The first-order valence-electron chi connectivity index (χ1n) is 12.2. The summed E-state index contributed by atoms with van der Waals surface area (Å²) in [6.07, 6.45) is 1.40. The number of carbonyl (C=O) groups excluding carboxylic acids is 3. The summed E-state index contributed by atoms with van der Waals surface area (Å²) in [5.74, 6) is -0.871. The number of rotatable bonds is 7. The van der Waals surface area contributed by atoms with E-state index >= 15 is 0 Å². The van der Waals surface area contributed by atoms with E-state index in [0.717, 1.165) is 19.8 Å². The largest absolute Gasteiger partial charge is 0.493 e. The number of amides is 4. The second kappa shape index (κ2) is 11.8. The van der Waals surface area contributed by atoms with E-state index in [1.165, 1.54) is 13.2 Å². The molecule has 4 aromatic rings. The smallest absolute Gasteiger partial charge is 0.343 e. The molecule has 5 rings (SSSR count). The highest BCUT2D eigenvalue weighted by atomic mass is 79.9. The molecular formula is C31H22BrClN2O5. The van der Waals surface area contributed by atoms with Crippen molar-refractivity contribution in [3.63, 3.8) is 0 Å². The molecule has 0 aliphatic carbocycles. The lowest BCUT2D eigenvalue weighted by Gasteiger charge is -2.34. The van der Waals surface area contributed by atoms with Crippen LogP contribution in [0.15, 0.2) is 107 Å². The van der Waals surface area contributed by atoms with Crippen molar-refractivity contribution in [2.75, 3.05) is 16.9 Å². The van der Waals surface area contributed by atoms with Crippen LogP contribution in [0.3, 0.4) is 0 Å². The zero-order chi connectivity index (χ0) is 28.2. The first-order chi connectivity index (χ1) is 19.4. The van der Waals surface area contributed by atoms with Crippen molar-refractivity contribution in [3.8, 4) is 11.5 Å². The predicted molar refractivity (Wildman–Crippen MR) is 158 cm³/mol. The van der Waals surface area contributed by atoms with Gasteiger partial charge in [0.25, 0.3) is 11.8 Å². The Morgan fingerprint density at radius 2 is 1.35 bits per heavy atom. The van der Waals surface area contributed by atoms with Gasteiger partial charge < -0.3 is 9.47 Å². The van der Waals surface area contributed by atoms with Gasteiger partial charge in [0.15, 0.2) is 11.5 Å². The molecule has 1 saturated heterocycles. The van der Waals surface area contributed by atoms with Gasteiger partial charge in [0, 0.05) is 10.0 Å². The zero-order valence-corrected chi connectivity index (χ0v) is 23.6. The van der Waals surface area contributed by atoms with Crippen LogP contribution < -0.4 is 19.3 Å². The maximum atomic E-state index is 13.6. The molecule has 1 heterocycles. The highest BCUT2D eigenvalue weighted by molar-refractivity contribution is 9.10. The van der Waals surface area contributed by atoms with Crippen molar-refractivity contribution in [2.24, 2.45) is 0 Å². The van der Waals surface area contributed by atoms with Gasteiger partial charge in [0.05, 0.1) is 23.5 Å². The van der Waals surface area contributed by atoms with Crippen LogP contribution >= 0.6 is 27.5 Å². The van der Waals surface area contributed by atoms with Crippen LogP contribution in [-0.2, 0) is 16.2 Å². The number of carbonyl (C=O) groups is 3. The maximum absolute atomic E-state index is 13.6. The third kappa shape index (κ3) is 5.36. The highest BCUT2D eigenvalue weighted by Crippen LogP contribution is 2.38. The molecule has 1 aliphatic heterocycles. The molecular weight excluding hydrogens is 596 g/mol. The Morgan fingerprint density at radius 3 is 1.90 bits per heavy atom. The number of benzene rings is 4. The van der Waals surface area contributed by atoms with Crippen molar-refractivity contribution in [1.82, 2.24) is 0 Å². The van der Waals surface area contributed by atoms with Crippen LogP contribution in [0.1, 0.15) is 11.1 Å². The lowest BCUT2D eigenvalue weighted by atomic mass is 10.0. The summed E-state index contributed by atoms with van der Waals surface area (Å²) < 4.78 is 12.4. The summed E-state index contributed by atoms with van der Waals surface area (Å²) in [5, 5.41) is 0.227. The number of imide groups is 2. The molecule has 0 atom stereocenters. The van der Waals surface area contributed by atoms with E-state index in [0.29, 0.717) is 28.4 Å². The minimum Gasteiger partial charge on any atom is -0.493 e. The Bertz CT molecular complexity index is 1560. The average Bonchev–Trinajstić information content (AvgIpc) is 2.96. The molecule has 4 amide bonds. The molecule has 0 radical (unpaired) electrons. The summed E-state index contributed by atoms with van der Waals surface area (Å²) in [5.41, 5.74) is 1.79. The van der Waals surface area contributed by atoms with Crippen LogP contribution in [0.25, 0.3) is 6.08 Å². The van der Waals surface area contributed by atoms with E-state index in [-0.39, 0.29) is 17.2 Å². The van der Waals surface area contributed by atoms with Gasteiger partial charge in [-0.05, 0) is 54.1 Å². The van der Waals surface area contributed by atoms with Crippen LogP contribution in [0.4, 0.5) is 16.2 Å². The van der Waals surface area contributed by atoms with Crippen molar-refractivity contribution >= 4 is 62.8 Å². The van der Waals surface area contributed by atoms with Gasteiger partial charge in [-0.25, -0.2) is 14.6 Å². The van der Waals surface area contributed by atoms with Crippen molar-refractivity contribution in [3.05, 3.63) is 123 Å². The number of hydrogen-bond donors (Lipinski definition) is 0. The van der Waals surface area contributed by atoms with Gasteiger partial charge in [-0.1, -0.05) is 82.1 Å². The first-order valence-corrected chi connectivity index (χ1v) is 13.3. The summed E-state index contributed by atoms with van der Waals surface area (Å²) >= 11 is 10.1. The first kappa shape index (κ1) is 27.2. The number of barbiturate groups is 1. The van der Waals surface area contributed by atoms with Crippen LogP contribution in [0.2, 0.25) is 5.02 Å². The molecule has 0 bridgehead atoms. The number of para-hydroxylation sites is 2. The Balaban J connectivity index is 1.55. The van der Waals surface area contributed by atoms with Crippen LogP contribution in [0, 0.1) is 0 Å². The predicted octanol–water partition coefficient (Wildman–Crippen LogP) is 7.27. The zero-order valence-electron chi connectivity index (χ0n) is 21.2. The second-order valence-electron chi connectivity index (χ2n) is 8.71. The number of nitrogens with zero attached hydrogens (tertiary/aromatic N) is 2. The monoisotopic (exact) mass is 616 g/mol. The normalized spacial score (nSPS) is 13.5. The highest BCUT2D eigenvalue weighted by Gasteiger charge is 2.43. The number of methoxy groups -OCH3 is 1. The Kier molecular flexibility index (Phi) is 8.00. The average molecular weight is 618 g/mol. The number of urea groups is 1. The van der Waals surface area contributed by atoms with E-state index in [1.807, 2.05) is 24.3 Å². The summed E-state index contributed by atoms with van der Waals surface area (Å²) in [4.78, 5) is 42.7. The third-order valence-corrected chi connectivity index (χ3v) is 7.23. The molecule has 0 unspecified atom stereocenters. The quantitative estimate of drug-likeness (QED) is 0.161. The lowest BCUT2D eigenvalue weighted by molar-refractivity contribution is -0.121. The Hall–Kier alpha value is -4.40. The summed E-state index contributed by atoms with van der Waals surface area (Å²) in [6, 6.07) is 26.9. The third-order valence-electron chi connectivity index (χ3n) is 6.17. The van der Waals surface area contributed by atoms with Gasteiger partial charge in [0.2, 0.25) is 0 Å². The summed E-state index contributed by atoms with van der Waals surface area (Å²) in [7, 11) is 1.47. The molecule has 0 aromatic heterocycles. The molecule has 7 nitrogen and oxygen atoms in total. The molecule has 4 aromatic carbocycles. The molecule has 0 N–H and O–H groups in total. The molecule has 1 aliphatic rings. The van der Waals surface area contributed by atoms with E-state index in [4.69, 9.17) is 21.1 Å². The Morgan fingerprint density at radius 1 is 0.800 bits per heavy atom. The van der Waals surface area contributed by atoms with E-state index in [9.17, 15) is 14.4 Å². The lowest BCUT2D eigenvalue weighted by Crippen LogP contribution is -2.57. The van der Waals surface area contributed by atoms with Gasteiger partial charge in [-0.15, -0.1) is 0 Å². The fourth-order valence-electron chi connectivity index (χ4n) is 4.23. The molecule has 200 valence electrons. The van der Waals surface area contributed by atoms with Crippen molar-refractivity contribution in [1.29, 1.82) is 0 Å². The topological polar surface area (TPSA) is 76.2 Å². The van der Waals surface area contributed by atoms with Crippen molar-refractivity contribution < 1.29 is 23.9 Å². The molecule has 0 saturated carbocycles. The van der Waals surface area contributed by atoms with E-state index in [2.05, 4.69) is 15.9 Å². The minimum absolute atomic E-state index is 0.215. The molecule has 0 spiro atoms. The fraction of sp³-hybridized carbons (Fsp3) is 0.0645. The fourth-order valence-corrected chi connectivity index (χ4v) is 4.91. The van der Waals surface area contributed by atoms with Crippen molar-refractivity contribution in [2.45, 2.75) is 6.61 Å². The van der Waals surface area contributed by atoms with Gasteiger partial charge in [-0.3, -0.25) is 9.59 Å². The molecule has 1 fully saturated rings. The number of halogens is 2. The van der Waals surface area contributed by atoms with Gasteiger partial charge in [-0.2, -0.15) is 0 Å². The summed E-state index contributed by atoms with van der Waals surface area (Å²) in [6.45, 7) is 0.231. The number of hydrogen-bond acceptors (Lipinski definition) is 5. The van der Waals surface area contributed by atoms with Crippen LogP contribution in [0.5, 0.6) is 11.5 Å². The maximum Gasteiger partial charge on any atom is 0.343 e. The van der Waals surface area contributed by atoms with E-state index in [1.54, 1.807) is 72.8 Å². The van der Waals surface area contributed by atoms with Crippen LogP contribution in [-0.4, -0.2) is 25.0 Å². The minimum atomic E-state index is -0.768. The molecule has 9 heteroatoms. The van der Waals surface area contributed by atoms with Gasteiger partial charge >= 0.3 is 6.03 Å². The number of ether oxygens (including phenoxy) is 2. The SMILES string of the molecule is COc1cc(C=C2C(=O)N(c3ccccc3)C(=O)N(c3ccccc3)C2=O)cc(Cl)c1OCc1ccccc1Br. The second-order valence-corrected chi connectivity index (χ2v) is 9.97.